The van der Waals surface area contributed by atoms with Gasteiger partial charge in [-0.05, 0) is 18.2 Å². The fourth-order valence-electron chi connectivity index (χ4n) is 1.47. The molecule has 0 saturated heterocycles. The summed E-state index contributed by atoms with van der Waals surface area (Å²) in [5, 5.41) is 0.843. The molecule has 0 saturated carbocycles. The first-order valence-corrected chi connectivity index (χ1v) is 5.53. The number of nitrogens with two attached hydrogens (primary N) is 1. The highest BCUT2D eigenvalue weighted by Crippen LogP contribution is 2.28. The normalized spacial score (nSPS) is 10.2. The zero-order chi connectivity index (χ0) is 12.4. The summed E-state index contributed by atoms with van der Waals surface area (Å²) in [5.74, 6) is 0. The number of anilines is 1. The molecule has 17 heavy (non-hydrogen) atoms. The van der Waals surface area contributed by atoms with Crippen molar-refractivity contribution in [2.75, 3.05) is 5.73 Å². The van der Waals surface area contributed by atoms with Crippen LogP contribution in [0.3, 0.4) is 0 Å². The van der Waals surface area contributed by atoms with Gasteiger partial charge in [0.15, 0.2) is 6.29 Å². The highest BCUT2D eigenvalue weighted by atomic mass is 35.5. The number of pyridine rings is 1. The van der Waals surface area contributed by atoms with Crippen LogP contribution in [-0.4, -0.2) is 11.3 Å². The quantitative estimate of drug-likeness (QED) is 0.848. The van der Waals surface area contributed by atoms with E-state index in [9.17, 15) is 4.79 Å². The standard InChI is InChI=1S/C12H8Cl2N2O/c13-9-4-11(15)12(16-5-9)7-1-2-8(6-17)10(14)3-7/h1-6H,15H2. The summed E-state index contributed by atoms with van der Waals surface area (Å²) in [4.78, 5) is 14.8. The van der Waals surface area contributed by atoms with Gasteiger partial charge in [0.1, 0.15) is 0 Å². The van der Waals surface area contributed by atoms with Crippen molar-refractivity contribution in [2.24, 2.45) is 0 Å². The van der Waals surface area contributed by atoms with E-state index in [4.69, 9.17) is 28.9 Å². The number of halogens is 2. The lowest BCUT2D eigenvalue weighted by Crippen LogP contribution is -1.94. The largest absolute Gasteiger partial charge is 0.397 e. The molecule has 0 atom stereocenters. The number of rotatable bonds is 2. The number of carbonyl (C=O) groups excluding carboxylic acids is 1. The molecule has 0 amide bonds. The molecular weight excluding hydrogens is 259 g/mol. The third-order valence-corrected chi connectivity index (χ3v) is 2.82. The summed E-state index contributed by atoms with van der Waals surface area (Å²) in [6.45, 7) is 0. The van der Waals surface area contributed by atoms with Gasteiger partial charge in [0.05, 0.1) is 21.4 Å². The van der Waals surface area contributed by atoms with Crippen molar-refractivity contribution < 1.29 is 4.79 Å². The Balaban J connectivity index is 2.53. The number of benzene rings is 1. The molecule has 0 radical (unpaired) electrons. The third kappa shape index (κ3) is 2.40. The van der Waals surface area contributed by atoms with E-state index in [1.807, 2.05) is 0 Å². The van der Waals surface area contributed by atoms with E-state index in [1.165, 1.54) is 6.20 Å². The number of carbonyl (C=O) groups is 1. The molecule has 1 aromatic heterocycles. The van der Waals surface area contributed by atoms with Gasteiger partial charge in [-0.25, -0.2) is 0 Å². The van der Waals surface area contributed by atoms with Crippen LogP contribution in [0, 0.1) is 0 Å². The van der Waals surface area contributed by atoms with Crippen LogP contribution in [0.5, 0.6) is 0 Å². The summed E-state index contributed by atoms with van der Waals surface area (Å²) in [6.07, 6.45) is 2.21. The fraction of sp³-hybridized carbons (Fsp3) is 0. The van der Waals surface area contributed by atoms with E-state index < -0.39 is 0 Å². The maximum Gasteiger partial charge on any atom is 0.151 e. The molecule has 0 aliphatic rings. The number of hydrogen-bond donors (Lipinski definition) is 1. The molecule has 2 aromatic rings. The van der Waals surface area contributed by atoms with E-state index in [0.29, 0.717) is 33.3 Å². The van der Waals surface area contributed by atoms with E-state index in [1.54, 1.807) is 24.3 Å². The minimum absolute atomic E-state index is 0.369. The van der Waals surface area contributed by atoms with Crippen molar-refractivity contribution in [3.8, 4) is 11.3 Å². The predicted molar refractivity (Wildman–Crippen MR) is 69.5 cm³/mol. The van der Waals surface area contributed by atoms with Crippen LogP contribution in [0.15, 0.2) is 30.5 Å². The lowest BCUT2D eigenvalue weighted by Gasteiger charge is -2.06. The van der Waals surface area contributed by atoms with E-state index >= 15 is 0 Å². The molecule has 1 aromatic carbocycles. The smallest absolute Gasteiger partial charge is 0.151 e. The molecule has 0 aliphatic heterocycles. The van der Waals surface area contributed by atoms with Gasteiger partial charge < -0.3 is 5.73 Å². The molecule has 0 bridgehead atoms. The molecule has 2 rings (SSSR count). The first-order chi connectivity index (χ1) is 8.11. The molecule has 0 unspecified atom stereocenters. The van der Waals surface area contributed by atoms with Crippen LogP contribution in [0.2, 0.25) is 10.0 Å². The van der Waals surface area contributed by atoms with Crippen molar-refractivity contribution in [3.05, 3.63) is 46.1 Å². The lowest BCUT2D eigenvalue weighted by molar-refractivity contribution is 0.112. The Morgan fingerprint density at radius 3 is 2.59 bits per heavy atom. The Bertz CT molecular complexity index is 585. The summed E-state index contributed by atoms with van der Waals surface area (Å²) in [5.41, 5.74) is 8.05. The van der Waals surface area contributed by atoms with Crippen LogP contribution in [0.25, 0.3) is 11.3 Å². The molecule has 5 heteroatoms. The van der Waals surface area contributed by atoms with Crippen molar-refractivity contribution in [1.82, 2.24) is 4.98 Å². The Hall–Kier alpha value is -1.58. The summed E-state index contributed by atoms with van der Waals surface area (Å²) in [6, 6.07) is 6.63. The second-order valence-corrected chi connectivity index (χ2v) is 4.29. The molecule has 3 nitrogen and oxygen atoms in total. The van der Waals surface area contributed by atoms with Crippen molar-refractivity contribution >= 4 is 35.2 Å². The number of hydrogen-bond acceptors (Lipinski definition) is 3. The molecule has 2 N–H and O–H groups in total. The Kier molecular flexibility index (Phi) is 3.31. The summed E-state index contributed by atoms with van der Waals surface area (Å²) < 4.78 is 0. The van der Waals surface area contributed by atoms with E-state index in [-0.39, 0.29) is 0 Å². The monoisotopic (exact) mass is 266 g/mol. The maximum atomic E-state index is 10.6. The van der Waals surface area contributed by atoms with Crippen molar-refractivity contribution in [3.63, 3.8) is 0 Å². The minimum Gasteiger partial charge on any atom is -0.397 e. The number of aromatic nitrogens is 1. The van der Waals surface area contributed by atoms with Crippen LogP contribution in [0.1, 0.15) is 10.4 Å². The molecule has 86 valence electrons. The first-order valence-electron chi connectivity index (χ1n) is 4.78. The second-order valence-electron chi connectivity index (χ2n) is 3.45. The zero-order valence-corrected chi connectivity index (χ0v) is 10.2. The van der Waals surface area contributed by atoms with Gasteiger partial charge in [-0.15, -0.1) is 0 Å². The fourth-order valence-corrected chi connectivity index (χ4v) is 1.86. The molecule has 0 fully saturated rings. The van der Waals surface area contributed by atoms with Gasteiger partial charge in [0.25, 0.3) is 0 Å². The second kappa shape index (κ2) is 4.73. The molecule has 0 spiro atoms. The van der Waals surface area contributed by atoms with Gasteiger partial charge in [-0.1, -0.05) is 29.3 Å². The lowest BCUT2D eigenvalue weighted by atomic mass is 10.1. The summed E-state index contributed by atoms with van der Waals surface area (Å²) >= 11 is 11.7. The predicted octanol–water partition coefficient (Wildman–Crippen LogP) is 3.45. The van der Waals surface area contributed by atoms with Gasteiger partial charge in [-0.2, -0.15) is 0 Å². The van der Waals surface area contributed by atoms with Crippen LogP contribution < -0.4 is 5.73 Å². The molecular formula is C12H8Cl2N2O. The van der Waals surface area contributed by atoms with E-state index in [2.05, 4.69) is 4.98 Å². The SMILES string of the molecule is Nc1cc(Cl)cnc1-c1ccc(C=O)c(Cl)c1. The number of nitrogens with zero attached hydrogens (tertiary/aromatic N) is 1. The maximum absolute atomic E-state index is 10.6. The van der Waals surface area contributed by atoms with E-state index in [0.717, 1.165) is 5.56 Å². The average Bonchev–Trinajstić information content (AvgIpc) is 2.29. The third-order valence-electron chi connectivity index (χ3n) is 2.28. The topological polar surface area (TPSA) is 56.0 Å². The summed E-state index contributed by atoms with van der Waals surface area (Å²) in [7, 11) is 0. The van der Waals surface area contributed by atoms with Crippen LogP contribution in [0.4, 0.5) is 5.69 Å². The molecule has 0 aliphatic carbocycles. The number of aldehydes is 1. The Morgan fingerprint density at radius 2 is 2.00 bits per heavy atom. The first kappa shape index (κ1) is 11.9. The van der Waals surface area contributed by atoms with Crippen molar-refractivity contribution in [1.29, 1.82) is 0 Å². The minimum atomic E-state index is 0.369. The molecule has 1 heterocycles. The van der Waals surface area contributed by atoms with Gasteiger partial charge in [-0.3, -0.25) is 9.78 Å². The van der Waals surface area contributed by atoms with Gasteiger partial charge >= 0.3 is 0 Å². The van der Waals surface area contributed by atoms with Crippen molar-refractivity contribution in [2.45, 2.75) is 0 Å². The van der Waals surface area contributed by atoms with Gasteiger partial charge in [0, 0.05) is 17.3 Å². The zero-order valence-electron chi connectivity index (χ0n) is 8.65. The highest BCUT2D eigenvalue weighted by molar-refractivity contribution is 6.33. The van der Waals surface area contributed by atoms with Gasteiger partial charge in [0.2, 0.25) is 0 Å². The number of nitrogen functional groups attached to an aromatic ring is 1. The highest BCUT2D eigenvalue weighted by Gasteiger charge is 2.07. The van der Waals surface area contributed by atoms with Crippen LogP contribution in [-0.2, 0) is 0 Å². The van der Waals surface area contributed by atoms with Crippen LogP contribution >= 0.6 is 23.2 Å². The Labute approximate surface area is 108 Å². The Morgan fingerprint density at radius 1 is 1.24 bits per heavy atom. The average molecular weight is 267 g/mol.